The van der Waals surface area contributed by atoms with Gasteiger partial charge in [0.1, 0.15) is 0 Å². The molecule has 1 aliphatic carbocycles. The van der Waals surface area contributed by atoms with Crippen LogP contribution in [0.1, 0.15) is 32.6 Å². The molecule has 0 aromatic heterocycles. The Hall–Kier alpha value is -0.950. The number of carbonyl (C=O) groups excluding carboxylic acids is 1. The molecule has 0 spiro atoms. The molecular weight excluding hydrogens is 268 g/mol. The van der Waals surface area contributed by atoms with Gasteiger partial charge in [0, 0.05) is 11.3 Å². The van der Waals surface area contributed by atoms with Gasteiger partial charge < -0.3 is 20.8 Å². The van der Waals surface area contributed by atoms with Crippen molar-refractivity contribution < 1.29 is 19.8 Å². The highest BCUT2D eigenvalue weighted by Gasteiger charge is 2.30. The molecular formula is C12H22N2O4S. The Balaban J connectivity index is 2.33. The number of carboxylic acid groups (broad SMARTS) is 1. The van der Waals surface area contributed by atoms with E-state index in [2.05, 4.69) is 16.9 Å². The largest absolute Gasteiger partial charge is 0.479 e. The number of nitrogens with one attached hydrogen (secondary N) is 2. The summed E-state index contributed by atoms with van der Waals surface area (Å²) in [6.45, 7) is 0.840. The molecule has 1 fully saturated rings. The van der Waals surface area contributed by atoms with Crippen molar-refractivity contribution in [2.45, 2.75) is 49.5 Å². The number of thioether (sulfide) groups is 1. The van der Waals surface area contributed by atoms with Gasteiger partial charge >= 0.3 is 12.0 Å². The van der Waals surface area contributed by atoms with E-state index in [1.807, 2.05) is 11.8 Å². The highest BCUT2D eigenvalue weighted by molar-refractivity contribution is 7.99. The average Bonchev–Trinajstić information content (AvgIpc) is 2.36. The molecule has 3 unspecified atom stereocenters. The van der Waals surface area contributed by atoms with Crippen molar-refractivity contribution in [3.8, 4) is 0 Å². The lowest BCUT2D eigenvalue weighted by molar-refractivity contribution is -0.155. The van der Waals surface area contributed by atoms with Gasteiger partial charge in [0.15, 0.2) is 5.60 Å². The van der Waals surface area contributed by atoms with E-state index in [4.69, 9.17) is 5.11 Å². The molecule has 0 bridgehead atoms. The Kier molecular flexibility index (Phi) is 5.93. The minimum Gasteiger partial charge on any atom is -0.479 e. The zero-order chi connectivity index (χ0) is 14.5. The molecule has 4 N–H and O–H groups in total. The van der Waals surface area contributed by atoms with Crippen LogP contribution in [0, 0.1) is 0 Å². The standard InChI is InChI=1S/C12H22N2O4S/c1-12(18,10(15)16)7-13-11(17)14-8-4-3-5-9(6-8)19-2/h8-9,18H,3-7H2,1-2H3,(H,15,16)(H2,13,14,17). The molecule has 0 aromatic rings. The Morgan fingerprint density at radius 3 is 2.68 bits per heavy atom. The molecule has 1 rings (SSSR count). The molecule has 0 heterocycles. The second-order valence-corrected chi connectivity index (χ2v) is 6.27. The fraction of sp³-hybridized carbons (Fsp3) is 0.833. The normalized spacial score (nSPS) is 26.3. The van der Waals surface area contributed by atoms with Gasteiger partial charge in [-0.2, -0.15) is 11.8 Å². The number of urea groups is 1. The SMILES string of the molecule is CSC1CCCC(NC(=O)NCC(C)(O)C(=O)O)C1. The van der Waals surface area contributed by atoms with Crippen LogP contribution in [0.2, 0.25) is 0 Å². The molecule has 0 radical (unpaired) electrons. The molecule has 0 saturated heterocycles. The fourth-order valence-corrected chi connectivity index (χ4v) is 2.88. The number of amides is 2. The molecule has 1 saturated carbocycles. The van der Waals surface area contributed by atoms with E-state index in [0.717, 1.165) is 26.2 Å². The third-order valence-corrected chi connectivity index (χ3v) is 4.44. The number of rotatable bonds is 5. The summed E-state index contributed by atoms with van der Waals surface area (Å²) in [5.41, 5.74) is -1.94. The van der Waals surface area contributed by atoms with Gasteiger partial charge in [-0.25, -0.2) is 9.59 Å². The number of carbonyl (C=O) groups is 2. The maximum absolute atomic E-state index is 11.6. The van der Waals surface area contributed by atoms with Crippen LogP contribution in [0.3, 0.4) is 0 Å². The topological polar surface area (TPSA) is 98.7 Å². The van der Waals surface area contributed by atoms with Crippen LogP contribution in [0.4, 0.5) is 4.79 Å². The second-order valence-electron chi connectivity index (χ2n) is 5.13. The summed E-state index contributed by atoms with van der Waals surface area (Å²) in [6, 6.07) is -0.297. The Morgan fingerprint density at radius 2 is 2.11 bits per heavy atom. The minimum absolute atomic E-state index is 0.126. The minimum atomic E-state index is -1.94. The second kappa shape index (κ2) is 7.00. The summed E-state index contributed by atoms with van der Waals surface area (Å²) in [4.78, 5) is 22.3. The van der Waals surface area contributed by atoms with Gasteiger partial charge in [0.2, 0.25) is 0 Å². The molecule has 6 nitrogen and oxygen atoms in total. The first kappa shape index (κ1) is 16.1. The molecule has 19 heavy (non-hydrogen) atoms. The Morgan fingerprint density at radius 1 is 1.42 bits per heavy atom. The van der Waals surface area contributed by atoms with Gasteiger partial charge in [-0.1, -0.05) is 6.42 Å². The lowest BCUT2D eigenvalue weighted by Crippen LogP contribution is -2.51. The van der Waals surface area contributed by atoms with Crippen molar-refractivity contribution in [3.05, 3.63) is 0 Å². The van der Waals surface area contributed by atoms with E-state index in [1.165, 1.54) is 6.42 Å². The highest BCUT2D eigenvalue weighted by atomic mass is 32.2. The molecule has 0 aliphatic heterocycles. The summed E-state index contributed by atoms with van der Waals surface area (Å²) in [7, 11) is 0. The van der Waals surface area contributed by atoms with E-state index >= 15 is 0 Å². The summed E-state index contributed by atoms with van der Waals surface area (Å²) >= 11 is 1.81. The van der Waals surface area contributed by atoms with Crippen molar-refractivity contribution in [3.63, 3.8) is 0 Å². The summed E-state index contributed by atoms with van der Waals surface area (Å²) in [5, 5.41) is 24.0. The predicted molar refractivity (Wildman–Crippen MR) is 74.4 cm³/mol. The lowest BCUT2D eigenvalue weighted by atomic mass is 9.95. The van der Waals surface area contributed by atoms with Gasteiger partial charge in [0.25, 0.3) is 0 Å². The van der Waals surface area contributed by atoms with Crippen molar-refractivity contribution in [2.75, 3.05) is 12.8 Å². The highest BCUT2D eigenvalue weighted by Crippen LogP contribution is 2.26. The smallest absolute Gasteiger partial charge is 0.337 e. The van der Waals surface area contributed by atoms with Crippen LogP contribution < -0.4 is 10.6 Å². The number of aliphatic carboxylic acids is 1. The maximum atomic E-state index is 11.6. The van der Waals surface area contributed by atoms with E-state index < -0.39 is 17.6 Å². The van der Waals surface area contributed by atoms with E-state index in [-0.39, 0.29) is 12.6 Å². The number of hydrogen-bond acceptors (Lipinski definition) is 4. The van der Waals surface area contributed by atoms with E-state index in [1.54, 1.807) is 0 Å². The Bertz CT molecular complexity index is 336. The van der Waals surface area contributed by atoms with Crippen LogP contribution in [0.25, 0.3) is 0 Å². The van der Waals surface area contributed by atoms with Gasteiger partial charge in [0.05, 0.1) is 6.54 Å². The average molecular weight is 290 g/mol. The van der Waals surface area contributed by atoms with Crippen LogP contribution in [0.5, 0.6) is 0 Å². The van der Waals surface area contributed by atoms with E-state index in [9.17, 15) is 14.7 Å². The molecule has 110 valence electrons. The quantitative estimate of drug-likeness (QED) is 0.600. The number of hydrogen-bond donors (Lipinski definition) is 4. The van der Waals surface area contributed by atoms with Gasteiger partial charge in [-0.15, -0.1) is 0 Å². The first-order valence-electron chi connectivity index (χ1n) is 6.38. The third-order valence-electron chi connectivity index (χ3n) is 3.35. The van der Waals surface area contributed by atoms with Crippen molar-refractivity contribution >= 4 is 23.8 Å². The molecule has 2 amide bonds. The van der Waals surface area contributed by atoms with Crippen molar-refractivity contribution in [2.24, 2.45) is 0 Å². The van der Waals surface area contributed by atoms with Gasteiger partial charge in [-0.05, 0) is 32.4 Å². The molecule has 3 atom stereocenters. The predicted octanol–water partition coefficient (Wildman–Crippen LogP) is 0.795. The first-order valence-corrected chi connectivity index (χ1v) is 7.67. The van der Waals surface area contributed by atoms with Crippen LogP contribution in [-0.2, 0) is 4.79 Å². The molecule has 1 aliphatic rings. The lowest BCUT2D eigenvalue weighted by Gasteiger charge is -2.29. The monoisotopic (exact) mass is 290 g/mol. The van der Waals surface area contributed by atoms with E-state index in [0.29, 0.717) is 5.25 Å². The Labute approximate surface area is 117 Å². The number of carboxylic acids is 1. The van der Waals surface area contributed by atoms with Crippen molar-refractivity contribution in [1.29, 1.82) is 0 Å². The van der Waals surface area contributed by atoms with Gasteiger partial charge in [-0.3, -0.25) is 0 Å². The number of aliphatic hydroxyl groups is 1. The van der Waals surface area contributed by atoms with Crippen molar-refractivity contribution in [1.82, 2.24) is 10.6 Å². The third kappa shape index (κ3) is 5.28. The molecule has 0 aromatic carbocycles. The zero-order valence-corrected chi connectivity index (χ0v) is 12.1. The fourth-order valence-electron chi connectivity index (χ4n) is 2.05. The zero-order valence-electron chi connectivity index (χ0n) is 11.3. The first-order chi connectivity index (χ1) is 8.85. The summed E-state index contributed by atoms with van der Waals surface area (Å²) in [5.74, 6) is -1.35. The van der Waals surface area contributed by atoms with Crippen LogP contribution in [0.15, 0.2) is 0 Å². The molecule has 7 heteroatoms. The van der Waals surface area contributed by atoms with Crippen LogP contribution >= 0.6 is 11.8 Å². The maximum Gasteiger partial charge on any atom is 0.337 e. The summed E-state index contributed by atoms with van der Waals surface area (Å²) < 4.78 is 0. The summed E-state index contributed by atoms with van der Waals surface area (Å²) in [6.07, 6.45) is 6.21. The van der Waals surface area contributed by atoms with Crippen LogP contribution in [-0.4, -0.2) is 51.9 Å².